The molecule has 1 rings (SSSR count). The van der Waals surface area contributed by atoms with Gasteiger partial charge in [0.1, 0.15) is 0 Å². The van der Waals surface area contributed by atoms with Gasteiger partial charge in [0.25, 0.3) is 0 Å². The fourth-order valence-electron chi connectivity index (χ4n) is 2.48. The molecule has 19 heavy (non-hydrogen) atoms. The summed E-state index contributed by atoms with van der Waals surface area (Å²) in [6, 6.07) is 0. The van der Waals surface area contributed by atoms with Crippen LogP contribution < -0.4 is 5.32 Å². The van der Waals surface area contributed by atoms with Crippen molar-refractivity contribution in [2.24, 2.45) is 0 Å². The number of ether oxygens (including phenoxy) is 1. The van der Waals surface area contributed by atoms with Crippen molar-refractivity contribution in [2.75, 3.05) is 32.8 Å². The zero-order valence-corrected chi connectivity index (χ0v) is 12.6. The van der Waals surface area contributed by atoms with Crippen molar-refractivity contribution in [3.63, 3.8) is 0 Å². The van der Waals surface area contributed by atoms with Crippen LogP contribution in [0.2, 0.25) is 0 Å². The van der Waals surface area contributed by atoms with E-state index in [1.807, 2.05) is 0 Å². The van der Waals surface area contributed by atoms with E-state index >= 15 is 0 Å². The number of hydrogen-bond donors (Lipinski definition) is 1. The molecule has 4 heteroatoms. The lowest BCUT2D eigenvalue weighted by atomic mass is 10.1. The van der Waals surface area contributed by atoms with Gasteiger partial charge in [-0.2, -0.15) is 0 Å². The van der Waals surface area contributed by atoms with Crippen LogP contribution in [0.25, 0.3) is 0 Å². The van der Waals surface area contributed by atoms with Gasteiger partial charge in [-0.15, -0.1) is 0 Å². The zero-order valence-electron chi connectivity index (χ0n) is 12.6. The van der Waals surface area contributed by atoms with E-state index in [0.717, 1.165) is 19.7 Å². The fraction of sp³-hybridized carbons (Fsp3) is 0.933. The fourth-order valence-corrected chi connectivity index (χ4v) is 2.48. The molecule has 0 radical (unpaired) electrons. The molecule has 0 aliphatic carbocycles. The minimum atomic E-state index is 0.0247. The first kappa shape index (κ1) is 16.4. The van der Waals surface area contributed by atoms with Crippen molar-refractivity contribution in [2.45, 2.75) is 58.5 Å². The van der Waals surface area contributed by atoms with Gasteiger partial charge < -0.3 is 10.1 Å². The van der Waals surface area contributed by atoms with E-state index in [0.29, 0.717) is 6.54 Å². The van der Waals surface area contributed by atoms with E-state index in [2.05, 4.69) is 17.1 Å². The molecule has 1 aliphatic rings. The second-order valence-corrected chi connectivity index (χ2v) is 5.50. The van der Waals surface area contributed by atoms with E-state index < -0.39 is 0 Å². The molecule has 1 amide bonds. The normalized spacial score (nSPS) is 20.4. The Morgan fingerprint density at radius 2 is 2.00 bits per heavy atom. The van der Waals surface area contributed by atoms with Gasteiger partial charge in [-0.05, 0) is 13.0 Å². The first-order valence-corrected chi connectivity index (χ1v) is 7.80. The standard InChI is InChI=1S/C15H30N2O2/c1-3-4-5-6-7-8-9-17-10-11-19-15(13-17)12-16-14(2)18/h15H,3-13H2,1-2H3,(H,16,18). The summed E-state index contributed by atoms with van der Waals surface area (Å²) < 4.78 is 5.66. The number of nitrogens with zero attached hydrogens (tertiary/aromatic N) is 1. The van der Waals surface area contributed by atoms with Gasteiger partial charge in [-0.1, -0.05) is 39.0 Å². The van der Waals surface area contributed by atoms with Crippen LogP contribution in [0.15, 0.2) is 0 Å². The summed E-state index contributed by atoms with van der Waals surface area (Å²) in [7, 11) is 0. The summed E-state index contributed by atoms with van der Waals surface area (Å²) in [4.78, 5) is 13.4. The second kappa shape index (κ2) is 10.2. The Kier molecular flexibility index (Phi) is 8.84. The van der Waals surface area contributed by atoms with E-state index in [4.69, 9.17) is 4.74 Å². The summed E-state index contributed by atoms with van der Waals surface area (Å²) in [5, 5.41) is 2.84. The first-order valence-electron chi connectivity index (χ1n) is 7.80. The Morgan fingerprint density at radius 3 is 2.74 bits per heavy atom. The van der Waals surface area contributed by atoms with Crippen molar-refractivity contribution in [3.05, 3.63) is 0 Å². The molecular formula is C15H30N2O2. The third kappa shape index (κ3) is 8.22. The maximum Gasteiger partial charge on any atom is 0.216 e. The maximum atomic E-state index is 10.9. The molecule has 1 aliphatic heterocycles. The highest BCUT2D eigenvalue weighted by Gasteiger charge is 2.19. The van der Waals surface area contributed by atoms with Crippen LogP contribution in [0.5, 0.6) is 0 Å². The molecule has 1 atom stereocenters. The first-order chi connectivity index (χ1) is 9.22. The number of carbonyl (C=O) groups is 1. The van der Waals surface area contributed by atoms with Crippen LogP contribution >= 0.6 is 0 Å². The Bertz CT molecular complexity index is 246. The van der Waals surface area contributed by atoms with Gasteiger partial charge in [0.05, 0.1) is 12.7 Å². The molecule has 1 heterocycles. The van der Waals surface area contributed by atoms with E-state index in [-0.39, 0.29) is 12.0 Å². The maximum absolute atomic E-state index is 10.9. The van der Waals surface area contributed by atoms with Gasteiger partial charge in [0.15, 0.2) is 0 Å². The van der Waals surface area contributed by atoms with Crippen LogP contribution in [-0.4, -0.2) is 49.7 Å². The van der Waals surface area contributed by atoms with Gasteiger partial charge in [0, 0.05) is 26.6 Å². The minimum absolute atomic E-state index is 0.0247. The summed E-state index contributed by atoms with van der Waals surface area (Å²) in [6.07, 6.45) is 8.23. The lowest BCUT2D eigenvalue weighted by molar-refractivity contribution is -0.120. The third-order valence-electron chi connectivity index (χ3n) is 3.63. The van der Waals surface area contributed by atoms with Crippen molar-refractivity contribution < 1.29 is 9.53 Å². The largest absolute Gasteiger partial charge is 0.374 e. The van der Waals surface area contributed by atoms with E-state index in [1.165, 1.54) is 45.1 Å². The van der Waals surface area contributed by atoms with Crippen molar-refractivity contribution in [1.82, 2.24) is 10.2 Å². The molecule has 1 fully saturated rings. The highest BCUT2D eigenvalue weighted by atomic mass is 16.5. The van der Waals surface area contributed by atoms with Crippen LogP contribution in [0.3, 0.4) is 0 Å². The molecule has 0 spiro atoms. The Labute approximate surface area is 117 Å². The predicted octanol–water partition coefficient (Wildman–Crippen LogP) is 2.18. The lowest BCUT2D eigenvalue weighted by Gasteiger charge is -2.32. The molecule has 112 valence electrons. The molecular weight excluding hydrogens is 240 g/mol. The molecule has 4 nitrogen and oxygen atoms in total. The smallest absolute Gasteiger partial charge is 0.216 e. The van der Waals surface area contributed by atoms with Crippen LogP contribution in [0.1, 0.15) is 52.4 Å². The quantitative estimate of drug-likeness (QED) is 0.653. The van der Waals surface area contributed by atoms with E-state index in [9.17, 15) is 4.79 Å². The Morgan fingerprint density at radius 1 is 1.26 bits per heavy atom. The average molecular weight is 270 g/mol. The molecule has 0 aromatic rings. The number of morpholine rings is 1. The molecule has 0 bridgehead atoms. The zero-order chi connectivity index (χ0) is 13.9. The third-order valence-corrected chi connectivity index (χ3v) is 3.63. The SMILES string of the molecule is CCCCCCCCN1CCOC(CNC(C)=O)C1. The van der Waals surface area contributed by atoms with Crippen LogP contribution in [0.4, 0.5) is 0 Å². The van der Waals surface area contributed by atoms with Crippen molar-refractivity contribution >= 4 is 5.91 Å². The second-order valence-electron chi connectivity index (χ2n) is 5.50. The van der Waals surface area contributed by atoms with Crippen LogP contribution in [-0.2, 0) is 9.53 Å². The molecule has 0 saturated carbocycles. The number of amides is 1. The number of rotatable bonds is 9. The Hall–Kier alpha value is -0.610. The molecule has 0 aromatic heterocycles. The Balaban J connectivity index is 2.04. The monoisotopic (exact) mass is 270 g/mol. The van der Waals surface area contributed by atoms with Crippen molar-refractivity contribution in [3.8, 4) is 0 Å². The summed E-state index contributed by atoms with van der Waals surface area (Å²) >= 11 is 0. The summed E-state index contributed by atoms with van der Waals surface area (Å²) in [5.74, 6) is 0.0247. The van der Waals surface area contributed by atoms with Gasteiger partial charge in [0.2, 0.25) is 5.91 Å². The number of unbranched alkanes of at least 4 members (excludes halogenated alkanes) is 5. The molecule has 1 saturated heterocycles. The number of hydrogen-bond acceptors (Lipinski definition) is 3. The summed E-state index contributed by atoms with van der Waals surface area (Å²) in [6.45, 7) is 8.40. The van der Waals surface area contributed by atoms with Gasteiger partial charge >= 0.3 is 0 Å². The number of nitrogens with one attached hydrogen (secondary N) is 1. The van der Waals surface area contributed by atoms with Crippen molar-refractivity contribution in [1.29, 1.82) is 0 Å². The lowest BCUT2D eigenvalue weighted by Crippen LogP contribution is -2.47. The topological polar surface area (TPSA) is 41.6 Å². The minimum Gasteiger partial charge on any atom is -0.374 e. The number of carbonyl (C=O) groups excluding carboxylic acids is 1. The van der Waals surface area contributed by atoms with Gasteiger partial charge in [-0.3, -0.25) is 9.69 Å². The molecule has 1 unspecified atom stereocenters. The predicted molar refractivity (Wildman–Crippen MR) is 78.2 cm³/mol. The highest BCUT2D eigenvalue weighted by molar-refractivity contribution is 5.72. The molecule has 1 N–H and O–H groups in total. The average Bonchev–Trinajstić information content (AvgIpc) is 2.41. The van der Waals surface area contributed by atoms with Crippen LogP contribution in [0, 0.1) is 0 Å². The van der Waals surface area contributed by atoms with E-state index in [1.54, 1.807) is 6.92 Å². The van der Waals surface area contributed by atoms with Gasteiger partial charge in [-0.25, -0.2) is 0 Å². The molecule has 0 aromatic carbocycles. The highest BCUT2D eigenvalue weighted by Crippen LogP contribution is 2.09. The summed E-state index contributed by atoms with van der Waals surface area (Å²) in [5.41, 5.74) is 0.